The minimum Gasteiger partial charge on any atom is -0.432 e. The number of benzene rings is 1. The van der Waals surface area contributed by atoms with Gasteiger partial charge >= 0.3 is 6.61 Å². The van der Waals surface area contributed by atoms with E-state index in [0.29, 0.717) is 5.92 Å². The van der Waals surface area contributed by atoms with Gasteiger partial charge in [0.1, 0.15) is 0 Å². The van der Waals surface area contributed by atoms with Gasteiger partial charge in [0.2, 0.25) is 0 Å². The summed E-state index contributed by atoms with van der Waals surface area (Å²) >= 11 is 0. The van der Waals surface area contributed by atoms with Crippen LogP contribution in [0.3, 0.4) is 0 Å². The molecule has 0 aromatic heterocycles. The highest BCUT2D eigenvalue weighted by atomic mass is 19.3. The highest BCUT2D eigenvalue weighted by Crippen LogP contribution is 2.51. The van der Waals surface area contributed by atoms with Gasteiger partial charge in [-0.3, -0.25) is 0 Å². The van der Waals surface area contributed by atoms with Crippen molar-refractivity contribution in [1.82, 2.24) is 0 Å². The average Bonchev–Trinajstić information content (AvgIpc) is 2.84. The Kier molecular flexibility index (Phi) is 9.65. The molecule has 0 aliphatic heterocycles. The first kappa shape index (κ1) is 25.9. The molecular formula is C30H45F3O. The van der Waals surface area contributed by atoms with Crippen molar-refractivity contribution in [2.24, 2.45) is 29.6 Å². The smallest absolute Gasteiger partial charge is 0.387 e. The minimum absolute atomic E-state index is 0.348. The number of halogens is 3. The Morgan fingerprint density at radius 2 is 1.44 bits per heavy atom. The molecule has 0 radical (unpaired) electrons. The van der Waals surface area contributed by atoms with Crippen molar-refractivity contribution in [3.63, 3.8) is 0 Å². The predicted molar refractivity (Wildman–Crippen MR) is 133 cm³/mol. The van der Waals surface area contributed by atoms with Crippen molar-refractivity contribution < 1.29 is 17.9 Å². The van der Waals surface area contributed by atoms with E-state index in [4.69, 9.17) is 0 Å². The van der Waals surface area contributed by atoms with E-state index in [1.54, 1.807) is 6.07 Å². The molecule has 4 atom stereocenters. The molecule has 1 nitrogen and oxygen atoms in total. The van der Waals surface area contributed by atoms with E-state index < -0.39 is 12.4 Å². The average molecular weight is 479 g/mol. The molecule has 34 heavy (non-hydrogen) atoms. The number of ether oxygens (including phenoxy) is 1. The highest BCUT2D eigenvalue weighted by molar-refractivity contribution is 5.31. The number of fused-ring (bicyclic) bond motifs is 1. The first-order valence-corrected chi connectivity index (χ1v) is 14.3. The third-order valence-electron chi connectivity index (χ3n) is 9.57. The van der Waals surface area contributed by atoms with Crippen molar-refractivity contribution >= 4 is 0 Å². The lowest BCUT2D eigenvalue weighted by Gasteiger charge is -2.45. The molecule has 0 heterocycles. The lowest BCUT2D eigenvalue weighted by Crippen LogP contribution is -2.34. The summed E-state index contributed by atoms with van der Waals surface area (Å²) in [6, 6.07) is 4.59. The van der Waals surface area contributed by atoms with E-state index in [9.17, 15) is 13.2 Å². The Morgan fingerprint density at radius 3 is 2.15 bits per heavy atom. The van der Waals surface area contributed by atoms with Gasteiger partial charge in [0.25, 0.3) is 0 Å². The second-order valence-corrected chi connectivity index (χ2v) is 11.7. The minimum atomic E-state index is -2.99. The predicted octanol–water partition coefficient (Wildman–Crippen LogP) is 9.89. The van der Waals surface area contributed by atoms with Crippen molar-refractivity contribution in [3.8, 4) is 5.75 Å². The lowest BCUT2D eigenvalue weighted by atomic mass is 9.60. The van der Waals surface area contributed by atoms with Crippen LogP contribution in [0.5, 0.6) is 5.75 Å². The van der Waals surface area contributed by atoms with Gasteiger partial charge in [-0.2, -0.15) is 8.78 Å². The van der Waals surface area contributed by atoms with Gasteiger partial charge in [0, 0.05) is 0 Å². The zero-order valence-electron chi connectivity index (χ0n) is 21.1. The van der Waals surface area contributed by atoms with Gasteiger partial charge in [-0.1, -0.05) is 64.4 Å². The Morgan fingerprint density at radius 1 is 0.794 bits per heavy atom. The van der Waals surface area contributed by atoms with Crippen LogP contribution >= 0.6 is 0 Å². The molecule has 1 aromatic rings. The summed E-state index contributed by atoms with van der Waals surface area (Å²) in [5, 5.41) is 0. The van der Waals surface area contributed by atoms with E-state index in [0.717, 1.165) is 48.0 Å². The second kappa shape index (κ2) is 12.7. The van der Waals surface area contributed by atoms with Gasteiger partial charge in [0.15, 0.2) is 11.6 Å². The van der Waals surface area contributed by atoms with Crippen LogP contribution in [0.1, 0.15) is 121 Å². The van der Waals surface area contributed by atoms with Crippen LogP contribution in [0.25, 0.3) is 0 Å². The SMILES string of the molecule is CCCCCCCC1CCC(C2CCC3CC(c4ccc(OC(F)F)c(F)c4)CCC3C2)CC1. The number of unbranched alkanes of at least 4 members (excludes halogenated alkanes) is 4. The topological polar surface area (TPSA) is 9.23 Å². The monoisotopic (exact) mass is 478 g/mol. The fourth-order valence-corrected chi connectivity index (χ4v) is 7.60. The second-order valence-electron chi connectivity index (χ2n) is 11.7. The summed E-state index contributed by atoms with van der Waals surface area (Å²) in [5.74, 6) is 3.77. The molecule has 3 fully saturated rings. The van der Waals surface area contributed by atoms with Crippen LogP contribution < -0.4 is 4.74 Å². The fourth-order valence-electron chi connectivity index (χ4n) is 7.60. The van der Waals surface area contributed by atoms with E-state index >= 15 is 0 Å². The Hall–Kier alpha value is -1.19. The van der Waals surface area contributed by atoms with Gasteiger partial charge < -0.3 is 4.74 Å². The maximum atomic E-state index is 14.2. The zero-order chi connectivity index (χ0) is 23.9. The number of hydrogen-bond donors (Lipinski definition) is 0. The molecule has 3 aliphatic rings. The molecule has 0 amide bonds. The standard InChI is InChI=1S/C30H45F3O/c1-2-3-4-5-6-7-21-8-10-22(11-9-21)23-12-13-25-19-26(15-14-24(25)18-23)27-16-17-29(28(31)20-27)34-30(32)33/h16-17,20-26,30H,2-15,18-19H2,1H3. The van der Waals surface area contributed by atoms with Gasteiger partial charge in [-0.05, 0) is 105 Å². The molecule has 192 valence electrons. The Bertz CT molecular complexity index is 743. The van der Waals surface area contributed by atoms with Crippen LogP contribution in [0.2, 0.25) is 0 Å². The molecule has 0 saturated heterocycles. The van der Waals surface area contributed by atoms with E-state index in [1.807, 2.05) is 0 Å². The van der Waals surface area contributed by atoms with Gasteiger partial charge in [-0.15, -0.1) is 0 Å². The normalized spacial score (nSPS) is 31.9. The maximum Gasteiger partial charge on any atom is 0.387 e. The van der Waals surface area contributed by atoms with Crippen molar-refractivity contribution in [1.29, 1.82) is 0 Å². The largest absolute Gasteiger partial charge is 0.432 e. The van der Waals surface area contributed by atoms with Crippen molar-refractivity contribution in [2.75, 3.05) is 0 Å². The molecule has 3 saturated carbocycles. The van der Waals surface area contributed by atoms with Gasteiger partial charge in [0.05, 0.1) is 0 Å². The quantitative estimate of drug-likeness (QED) is 0.304. The molecule has 1 aromatic carbocycles. The summed E-state index contributed by atoms with van der Waals surface area (Å²) in [6.45, 7) is -0.701. The maximum absolute atomic E-state index is 14.2. The number of hydrogen-bond acceptors (Lipinski definition) is 1. The van der Waals surface area contributed by atoms with E-state index in [1.165, 1.54) is 102 Å². The molecule has 0 spiro atoms. The third kappa shape index (κ3) is 6.94. The molecule has 0 N–H and O–H groups in total. The molecular weight excluding hydrogens is 433 g/mol. The number of alkyl halides is 2. The van der Waals surface area contributed by atoms with Crippen LogP contribution in [-0.4, -0.2) is 6.61 Å². The summed E-state index contributed by atoms with van der Waals surface area (Å²) in [7, 11) is 0. The first-order chi connectivity index (χ1) is 16.5. The zero-order valence-corrected chi connectivity index (χ0v) is 21.1. The molecule has 4 heteroatoms. The fraction of sp³-hybridized carbons (Fsp3) is 0.800. The molecule has 4 unspecified atom stereocenters. The van der Waals surface area contributed by atoms with Crippen LogP contribution in [0, 0.1) is 35.4 Å². The first-order valence-electron chi connectivity index (χ1n) is 14.3. The Labute approximate surface area is 205 Å². The van der Waals surface area contributed by atoms with Crippen LogP contribution in [0.4, 0.5) is 13.2 Å². The van der Waals surface area contributed by atoms with Crippen molar-refractivity contribution in [2.45, 2.75) is 122 Å². The van der Waals surface area contributed by atoms with Gasteiger partial charge in [-0.25, -0.2) is 4.39 Å². The summed E-state index contributed by atoms with van der Waals surface area (Å²) < 4.78 is 43.4. The lowest BCUT2D eigenvalue weighted by molar-refractivity contribution is -0.0522. The third-order valence-corrected chi connectivity index (χ3v) is 9.57. The molecule has 3 aliphatic carbocycles. The summed E-state index contributed by atoms with van der Waals surface area (Å²) in [5.41, 5.74) is 0.952. The number of rotatable bonds is 10. The summed E-state index contributed by atoms with van der Waals surface area (Å²) in [6.07, 6.45) is 21.9. The summed E-state index contributed by atoms with van der Waals surface area (Å²) in [4.78, 5) is 0. The Balaban J connectivity index is 1.20. The van der Waals surface area contributed by atoms with E-state index in [-0.39, 0.29) is 5.75 Å². The van der Waals surface area contributed by atoms with E-state index in [2.05, 4.69) is 11.7 Å². The van der Waals surface area contributed by atoms with Crippen LogP contribution in [0.15, 0.2) is 18.2 Å². The molecule has 0 bridgehead atoms. The van der Waals surface area contributed by atoms with Crippen LogP contribution in [-0.2, 0) is 0 Å². The molecule has 4 rings (SSSR count). The highest BCUT2D eigenvalue weighted by Gasteiger charge is 2.39. The van der Waals surface area contributed by atoms with Crippen molar-refractivity contribution in [3.05, 3.63) is 29.6 Å².